The number of hydrogen-bond acceptors (Lipinski definition) is 2. The van der Waals surface area contributed by atoms with E-state index in [0.29, 0.717) is 0 Å². The fraction of sp³-hybridized carbons (Fsp3) is 0.556. The zero-order valence-corrected chi connectivity index (χ0v) is 12.1. The maximum atomic E-state index is 6.32. The first-order valence-corrected chi connectivity index (χ1v) is 7.78. The summed E-state index contributed by atoms with van der Waals surface area (Å²) in [4.78, 5) is 0. The summed E-state index contributed by atoms with van der Waals surface area (Å²) in [6, 6.07) is 10.6. The molecular formula is C18H24O2. The first-order chi connectivity index (χ1) is 9.76. The molecule has 2 saturated heterocycles. The number of hydrogen-bond donors (Lipinski definition) is 0. The number of ether oxygens (including phenoxy) is 2. The Kier molecular flexibility index (Phi) is 4.23. The number of benzene rings is 1. The lowest BCUT2D eigenvalue weighted by atomic mass is 9.90. The predicted octanol–water partition coefficient (Wildman–Crippen LogP) is 4.25. The van der Waals surface area contributed by atoms with Crippen molar-refractivity contribution >= 4 is 0 Å². The van der Waals surface area contributed by atoms with Gasteiger partial charge < -0.3 is 9.47 Å². The van der Waals surface area contributed by atoms with E-state index in [1.807, 2.05) is 0 Å². The van der Waals surface area contributed by atoms with Crippen molar-refractivity contribution in [2.24, 2.45) is 0 Å². The van der Waals surface area contributed by atoms with Crippen LogP contribution in [0.25, 0.3) is 0 Å². The molecule has 2 heterocycles. The standard InChI is InChI=1S/C18H24O2/c1-15-13-17(10-9-16-7-3-2-4-8-16)20-18(14-15)11-5-6-12-19-18/h2-4,7-8,17H,1,5-6,9-14H2/t17-,18+/m0/s1. The third-order valence-corrected chi connectivity index (χ3v) is 4.33. The Bertz CT molecular complexity index is 446. The highest BCUT2D eigenvalue weighted by molar-refractivity contribution is 5.15. The van der Waals surface area contributed by atoms with Crippen LogP contribution in [0.3, 0.4) is 0 Å². The van der Waals surface area contributed by atoms with Crippen LogP contribution < -0.4 is 0 Å². The molecule has 3 rings (SSSR count). The van der Waals surface area contributed by atoms with Crippen LogP contribution in [0.5, 0.6) is 0 Å². The quantitative estimate of drug-likeness (QED) is 0.766. The molecule has 2 heteroatoms. The van der Waals surface area contributed by atoms with E-state index < -0.39 is 0 Å². The first-order valence-electron chi connectivity index (χ1n) is 7.78. The minimum Gasteiger partial charge on any atom is -0.350 e. The molecule has 0 unspecified atom stereocenters. The molecule has 1 spiro atoms. The highest BCUT2D eigenvalue weighted by Crippen LogP contribution is 2.39. The topological polar surface area (TPSA) is 18.5 Å². The van der Waals surface area contributed by atoms with E-state index in [2.05, 4.69) is 36.9 Å². The Hall–Kier alpha value is -1.12. The summed E-state index contributed by atoms with van der Waals surface area (Å²) in [5.41, 5.74) is 2.67. The van der Waals surface area contributed by atoms with Crippen molar-refractivity contribution in [2.75, 3.05) is 6.61 Å². The van der Waals surface area contributed by atoms with Gasteiger partial charge in [-0.25, -0.2) is 0 Å². The van der Waals surface area contributed by atoms with Crippen LogP contribution in [0.1, 0.15) is 44.1 Å². The smallest absolute Gasteiger partial charge is 0.172 e. The third-order valence-electron chi connectivity index (χ3n) is 4.33. The van der Waals surface area contributed by atoms with Crippen molar-refractivity contribution in [1.29, 1.82) is 0 Å². The molecule has 0 aromatic heterocycles. The minimum atomic E-state index is -0.352. The van der Waals surface area contributed by atoms with Crippen LogP contribution >= 0.6 is 0 Å². The van der Waals surface area contributed by atoms with Gasteiger partial charge in [-0.2, -0.15) is 0 Å². The molecule has 0 aliphatic carbocycles. The molecule has 0 amide bonds. The summed E-state index contributed by atoms with van der Waals surface area (Å²) >= 11 is 0. The van der Waals surface area contributed by atoms with Gasteiger partial charge in [0.25, 0.3) is 0 Å². The summed E-state index contributed by atoms with van der Waals surface area (Å²) in [5.74, 6) is -0.352. The number of rotatable bonds is 3. The Morgan fingerprint density at radius 2 is 2.05 bits per heavy atom. The molecule has 2 aliphatic rings. The average molecular weight is 272 g/mol. The van der Waals surface area contributed by atoms with E-state index in [1.54, 1.807) is 0 Å². The van der Waals surface area contributed by atoms with E-state index in [0.717, 1.165) is 45.1 Å². The molecule has 0 bridgehead atoms. The Morgan fingerprint density at radius 1 is 1.20 bits per heavy atom. The van der Waals surface area contributed by atoms with Crippen molar-refractivity contribution < 1.29 is 9.47 Å². The van der Waals surface area contributed by atoms with Crippen molar-refractivity contribution in [3.05, 3.63) is 48.0 Å². The minimum absolute atomic E-state index is 0.259. The lowest BCUT2D eigenvalue weighted by molar-refractivity contribution is -0.285. The summed E-state index contributed by atoms with van der Waals surface area (Å²) in [6.07, 6.45) is 7.63. The summed E-state index contributed by atoms with van der Waals surface area (Å²) in [7, 11) is 0. The molecule has 0 saturated carbocycles. The van der Waals surface area contributed by atoms with E-state index in [4.69, 9.17) is 9.47 Å². The van der Waals surface area contributed by atoms with Crippen LogP contribution in [-0.4, -0.2) is 18.5 Å². The van der Waals surface area contributed by atoms with Gasteiger partial charge in [0.05, 0.1) is 12.7 Å². The van der Waals surface area contributed by atoms with E-state index in [-0.39, 0.29) is 11.9 Å². The fourth-order valence-corrected chi connectivity index (χ4v) is 3.35. The van der Waals surface area contributed by atoms with Crippen LogP contribution in [-0.2, 0) is 15.9 Å². The molecule has 2 aliphatic heterocycles. The molecule has 2 nitrogen and oxygen atoms in total. The van der Waals surface area contributed by atoms with Gasteiger partial charge in [-0.15, -0.1) is 0 Å². The maximum Gasteiger partial charge on any atom is 0.172 e. The molecule has 20 heavy (non-hydrogen) atoms. The second-order valence-corrected chi connectivity index (χ2v) is 6.11. The molecular weight excluding hydrogens is 248 g/mol. The molecule has 1 aromatic rings. The van der Waals surface area contributed by atoms with Gasteiger partial charge in [0.1, 0.15) is 0 Å². The van der Waals surface area contributed by atoms with Crippen LogP contribution in [0.15, 0.2) is 42.5 Å². The van der Waals surface area contributed by atoms with Gasteiger partial charge in [0.15, 0.2) is 5.79 Å². The first kappa shape index (κ1) is 13.8. The van der Waals surface area contributed by atoms with Gasteiger partial charge in [-0.3, -0.25) is 0 Å². The lowest BCUT2D eigenvalue weighted by Crippen LogP contribution is -2.46. The van der Waals surface area contributed by atoms with Crippen molar-refractivity contribution in [3.63, 3.8) is 0 Å². The highest BCUT2D eigenvalue weighted by Gasteiger charge is 2.40. The van der Waals surface area contributed by atoms with E-state index in [1.165, 1.54) is 17.6 Å². The highest BCUT2D eigenvalue weighted by atomic mass is 16.7. The summed E-state index contributed by atoms with van der Waals surface area (Å²) in [5, 5.41) is 0. The molecule has 1 aromatic carbocycles. The van der Waals surface area contributed by atoms with Crippen LogP contribution in [0.2, 0.25) is 0 Å². The molecule has 0 radical (unpaired) electrons. The fourth-order valence-electron chi connectivity index (χ4n) is 3.35. The van der Waals surface area contributed by atoms with Crippen molar-refractivity contribution in [1.82, 2.24) is 0 Å². The largest absolute Gasteiger partial charge is 0.350 e. The van der Waals surface area contributed by atoms with E-state index >= 15 is 0 Å². The third kappa shape index (κ3) is 3.31. The zero-order valence-electron chi connectivity index (χ0n) is 12.1. The lowest BCUT2D eigenvalue weighted by Gasteiger charge is -2.44. The maximum absolute atomic E-state index is 6.32. The molecule has 0 N–H and O–H groups in total. The van der Waals surface area contributed by atoms with Gasteiger partial charge in [0, 0.05) is 12.8 Å². The van der Waals surface area contributed by atoms with Crippen LogP contribution in [0, 0.1) is 0 Å². The Morgan fingerprint density at radius 3 is 2.80 bits per heavy atom. The molecule has 2 atom stereocenters. The van der Waals surface area contributed by atoms with Crippen LogP contribution in [0.4, 0.5) is 0 Å². The van der Waals surface area contributed by atoms with Gasteiger partial charge >= 0.3 is 0 Å². The normalized spacial score (nSPS) is 30.6. The second-order valence-electron chi connectivity index (χ2n) is 6.11. The molecule has 108 valence electrons. The van der Waals surface area contributed by atoms with E-state index in [9.17, 15) is 0 Å². The van der Waals surface area contributed by atoms with Gasteiger partial charge in [0.2, 0.25) is 0 Å². The van der Waals surface area contributed by atoms with Gasteiger partial charge in [-0.1, -0.05) is 42.5 Å². The van der Waals surface area contributed by atoms with Gasteiger partial charge in [-0.05, 0) is 37.7 Å². The Labute approximate surface area is 121 Å². The second kappa shape index (κ2) is 6.11. The SMILES string of the molecule is C=C1C[C@H](CCc2ccccc2)O[C@]2(CCCCO2)C1. The Balaban J connectivity index is 1.60. The monoisotopic (exact) mass is 272 g/mol. The van der Waals surface area contributed by atoms with Crippen molar-refractivity contribution in [3.8, 4) is 0 Å². The summed E-state index contributed by atoms with van der Waals surface area (Å²) in [6.45, 7) is 5.04. The zero-order chi connectivity index (χ0) is 13.8. The molecule has 2 fully saturated rings. The predicted molar refractivity (Wildman–Crippen MR) is 80.5 cm³/mol. The summed E-state index contributed by atoms with van der Waals surface area (Å²) < 4.78 is 12.3. The van der Waals surface area contributed by atoms with Crippen molar-refractivity contribution in [2.45, 2.75) is 56.8 Å². The average Bonchev–Trinajstić information content (AvgIpc) is 2.46. The number of aryl methyl sites for hydroxylation is 1.